The Hall–Kier alpha value is -4.36. The van der Waals surface area contributed by atoms with E-state index in [2.05, 4.69) is 10.6 Å². The van der Waals surface area contributed by atoms with E-state index in [-0.39, 0.29) is 0 Å². The second kappa shape index (κ2) is 9.19. The molecule has 0 radical (unpaired) electrons. The molecular formula is C32H22N2O2P2+2. The molecule has 7 rings (SSSR count). The topological polar surface area (TPSA) is 58.2 Å². The molecule has 0 amide bonds. The Morgan fingerprint density at radius 1 is 0.368 bits per heavy atom. The number of para-hydroxylation sites is 2. The van der Waals surface area contributed by atoms with Gasteiger partial charge < -0.3 is 10.6 Å². The highest BCUT2D eigenvalue weighted by molar-refractivity contribution is 7.62. The predicted molar refractivity (Wildman–Crippen MR) is 161 cm³/mol. The fourth-order valence-corrected chi connectivity index (χ4v) is 7.91. The van der Waals surface area contributed by atoms with Crippen LogP contribution in [0, 0.1) is 0 Å². The minimum absolute atomic E-state index is 0.698. The third kappa shape index (κ3) is 3.87. The zero-order valence-electron chi connectivity index (χ0n) is 20.3. The van der Waals surface area contributed by atoms with Gasteiger partial charge in [0.25, 0.3) is 0 Å². The van der Waals surface area contributed by atoms with Gasteiger partial charge in [0.15, 0.2) is 0 Å². The molecule has 0 aliphatic carbocycles. The zero-order chi connectivity index (χ0) is 25.6. The Balaban J connectivity index is 1.54. The van der Waals surface area contributed by atoms with Gasteiger partial charge in [-0.05, 0) is 57.9 Å². The largest absolute Gasteiger partial charge is 0.419 e. The molecule has 180 valence electrons. The van der Waals surface area contributed by atoms with Gasteiger partial charge in [0, 0.05) is 12.1 Å². The van der Waals surface area contributed by atoms with Gasteiger partial charge in [0.05, 0.1) is 22.7 Å². The quantitative estimate of drug-likeness (QED) is 0.202. The number of anilines is 4. The molecule has 1 heterocycles. The third-order valence-corrected chi connectivity index (χ3v) is 10.2. The fourth-order valence-electron chi connectivity index (χ4n) is 5.06. The summed E-state index contributed by atoms with van der Waals surface area (Å²) in [6, 6.07) is 39.5. The van der Waals surface area contributed by atoms with Gasteiger partial charge in [-0.1, -0.05) is 81.9 Å². The van der Waals surface area contributed by atoms with Crippen molar-refractivity contribution >= 4 is 81.1 Å². The smallest absolute Gasteiger partial charge is 0.348 e. The highest BCUT2D eigenvalue weighted by atomic mass is 31.1. The van der Waals surface area contributed by atoms with E-state index in [1.54, 1.807) is 0 Å². The SMILES string of the molecule is O=[P+]1c2ccccc2Nc2cc3ccccc3cc2[P+](=O)c2ccccc2Nc2cc3ccccc3cc21. The lowest BCUT2D eigenvalue weighted by molar-refractivity contribution is 0.597. The average molecular weight is 528 g/mol. The van der Waals surface area contributed by atoms with E-state index in [0.29, 0.717) is 21.2 Å². The first kappa shape index (κ1) is 22.8. The summed E-state index contributed by atoms with van der Waals surface area (Å²) in [5.74, 6) is 0. The Morgan fingerprint density at radius 3 is 1.13 bits per heavy atom. The van der Waals surface area contributed by atoms with Crippen LogP contribution in [0.1, 0.15) is 0 Å². The van der Waals surface area contributed by atoms with Gasteiger partial charge in [0.1, 0.15) is 0 Å². The van der Waals surface area contributed by atoms with Crippen LogP contribution in [-0.4, -0.2) is 0 Å². The highest BCUT2D eigenvalue weighted by Crippen LogP contribution is 2.37. The highest BCUT2D eigenvalue weighted by Gasteiger charge is 2.36. The molecule has 0 saturated heterocycles. The molecule has 2 N–H and O–H groups in total. The first-order valence-electron chi connectivity index (χ1n) is 12.4. The average Bonchev–Trinajstić information content (AvgIpc) is 2.96. The molecule has 6 heteroatoms. The first-order chi connectivity index (χ1) is 18.7. The third-order valence-electron chi connectivity index (χ3n) is 6.95. The number of hydrogen-bond donors (Lipinski definition) is 2. The lowest BCUT2D eigenvalue weighted by Gasteiger charge is -2.13. The minimum atomic E-state index is -1.96. The van der Waals surface area contributed by atoms with Gasteiger partial charge in [-0.3, -0.25) is 0 Å². The summed E-state index contributed by atoms with van der Waals surface area (Å²) in [7, 11) is -3.92. The lowest BCUT2D eigenvalue weighted by atomic mass is 10.1. The van der Waals surface area contributed by atoms with Crippen molar-refractivity contribution in [2.75, 3.05) is 10.6 Å². The van der Waals surface area contributed by atoms with Crippen LogP contribution in [0.4, 0.5) is 22.7 Å². The molecular weight excluding hydrogens is 506 g/mol. The van der Waals surface area contributed by atoms with Crippen molar-refractivity contribution in [1.82, 2.24) is 0 Å². The van der Waals surface area contributed by atoms with Crippen LogP contribution in [0.3, 0.4) is 0 Å². The van der Waals surface area contributed by atoms with E-state index in [1.165, 1.54) is 0 Å². The molecule has 0 aromatic heterocycles. The fraction of sp³-hybridized carbons (Fsp3) is 0. The molecule has 0 bridgehead atoms. The molecule has 1 aliphatic heterocycles. The van der Waals surface area contributed by atoms with Crippen molar-refractivity contribution in [3.8, 4) is 0 Å². The van der Waals surface area contributed by atoms with E-state index in [4.69, 9.17) is 0 Å². The molecule has 0 fully saturated rings. The predicted octanol–water partition coefficient (Wildman–Crippen LogP) is 7.35. The summed E-state index contributed by atoms with van der Waals surface area (Å²) in [4.78, 5) is 0. The maximum Gasteiger partial charge on any atom is 0.419 e. The second-order valence-corrected chi connectivity index (χ2v) is 12.4. The maximum absolute atomic E-state index is 14.3. The zero-order valence-corrected chi connectivity index (χ0v) is 22.0. The van der Waals surface area contributed by atoms with Crippen molar-refractivity contribution in [3.05, 3.63) is 121 Å². The van der Waals surface area contributed by atoms with Gasteiger partial charge in [0.2, 0.25) is 21.2 Å². The maximum atomic E-state index is 14.3. The van der Waals surface area contributed by atoms with Crippen molar-refractivity contribution in [3.63, 3.8) is 0 Å². The molecule has 1 aliphatic rings. The molecule has 6 aromatic rings. The van der Waals surface area contributed by atoms with Crippen molar-refractivity contribution in [2.45, 2.75) is 0 Å². The van der Waals surface area contributed by atoms with Gasteiger partial charge in [-0.15, -0.1) is 0 Å². The van der Waals surface area contributed by atoms with Crippen LogP contribution in [0.2, 0.25) is 0 Å². The van der Waals surface area contributed by atoms with Crippen LogP contribution in [-0.2, 0) is 9.13 Å². The molecule has 2 atom stereocenters. The summed E-state index contributed by atoms with van der Waals surface area (Å²) >= 11 is 0. The number of benzene rings is 6. The van der Waals surface area contributed by atoms with Gasteiger partial charge in [-0.2, -0.15) is 0 Å². The Kier molecular flexibility index (Phi) is 5.51. The van der Waals surface area contributed by atoms with Crippen LogP contribution in [0.5, 0.6) is 0 Å². The van der Waals surface area contributed by atoms with Crippen molar-refractivity contribution < 1.29 is 9.13 Å². The van der Waals surface area contributed by atoms with Crippen molar-refractivity contribution in [2.24, 2.45) is 0 Å². The van der Waals surface area contributed by atoms with Gasteiger partial charge >= 0.3 is 15.6 Å². The Labute approximate surface area is 221 Å². The number of hydrogen-bond acceptors (Lipinski definition) is 4. The molecule has 4 nitrogen and oxygen atoms in total. The Morgan fingerprint density at radius 2 is 0.711 bits per heavy atom. The summed E-state index contributed by atoms with van der Waals surface area (Å²) in [6.07, 6.45) is 0. The molecule has 38 heavy (non-hydrogen) atoms. The van der Waals surface area contributed by atoms with Crippen LogP contribution in [0.15, 0.2) is 121 Å². The first-order valence-corrected chi connectivity index (χ1v) is 14.9. The van der Waals surface area contributed by atoms with Gasteiger partial charge in [-0.25, -0.2) is 0 Å². The molecule has 0 spiro atoms. The van der Waals surface area contributed by atoms with E-state index < -0.39 is 15.6 Å². The van der Waals surface area contributed by atoms with E-state index in [9.17, 15) is 9.13 Å². The minimum Gasteiger partial charge on any atom is -0.348 e. The number of fused-ring (bicyclic) bond motifs is 6. The summed E-state index contributed by atoms with van der Waals surface area (Å²) in [5.41, 5.74) is 2.97. The standard InChI is InChI=1S/C32H22N2O2P2/c35-37-30-16-8-6-14-26(30)34-28-18-22-10-2-4-12-24(22)20-32(28)38(36)29-15-7-5-13-25(29)33-27-17-21-9-1-3-11-23(21)19-31(27)37/h1-20,33-34H/q+2. The van der Waals surface area contributed by atoms with Crippen LogP contribution < -0.4 is 31.9 Å². The summed E-state index contributed by atoms with van der Waals surface area (Å²) < 4.78 is 28.6. The second-order valence-electron chi connectivity index (χ2n) is 9.31. The number of rotatable bonds is 0. The normalized spacial score (nSPS) is 14.6. The summed E-state index contributed by atoms with van der Waals surface area (Å²) in [6.45, 7) is 0. The van der Waals surface area contributed by atoms with E-state index >= 15 is 0 Å². The van der Waals surface area contributed by atoms with E-state index in [1.807, 2.05) is 121 Å². The van der Waals surface area contributed by atoms with Crippen LogP contribution in [0.25, 0.3) is 21.5 Å². The van der Waals surface area contributed by atoms with Crippen LogP contribution >= 0.6 is 15.6 Å². The number of nitrogens with one attached hydrogen (secondary N) is 2. The van der Waals surface area contributed by atoms with E-state index in [0.717, 1.165) is 44.3 Å². The molecule has 6 aromatic carbocycles. The molecule has 2 unspecified atom stereocenters. The monoisotopic (exact) mass is 528 g/mol. The lowest BCUT2D eigenvalue weighted by Crippen LogP contribution is -2.20. The Bertz CT molecular complexity index is 1790. The summed E-state index contributed by atoms with van der Waals surface area (Å²) in [5, 5.41) is 14.0. The van der Waals surface area contributed by atoms with Crippen molar-refractivity contribution in [1.29, 1.82) is 0 Å². The molecule has 0 saturated carbocycles.